The smallest absolute Gasteiger partial charge is 0.406 e. The minimum absolute atomic E-state index is 0.182. The molecule has 0 aromatic carbocycles. The number of pyridine rings is 1. The van der Waals surface area contributed by atoms with Gasteiger partial charge < -0.3 is 14.9 Å². The van der Waals surface area contributed by atoms with Gasteiger partial charge in [0.2, 0.25) is 5.75 Å². The topological polar surface area (TPSA) is 65.3 Å². The second-order valence-corrected chi connectivity index (χ2v) is 2.60. The first-order valence-corrected chi connectivity index (χ1v) is 4.22. The molecular weight excluding hydrogens is 192 g/mol. The fraction of sp³-hybridized carbons (Fsp3) is 0.286. The molecule has 0 saturated carbocycles. The molecule has 0 aliphatic carbocycles. The first-order chi connectivity index (χ1) is 6.25. The Morgan fingerprint density at radius 3 is 3.08 bits per heavy atom. The van der Waals surface area contributed by atoms with E-state index >= 15 is 0 Å². The van der Waals surface area contributed by atoms with Gasteiger partial charge in [0, 0.05) is 5.75 Å². The van der Waals surface area contributed by atoms with Gasteiger partial charge in [-0.1, -0.05) is 0 Å². The summed E-state index contributed by atoms with van der Waals surface area (Å²) < 4.78 is 5.07. The van der Waals surface area contributed by atoms with Crippen molar-refractivity contribution in [2.75, 3.05) is 12.4 Å². The average molecular weight is 200 g/mol. The summed E-state index contributed by atoms with van der Waals surface area (Å²) in [4.78, 5) is 13.4. The highest BCUT2D eigenvalue weighted by atomic mass is 32.1. The van der Waals surface area contributed by atoms with Crippen molar-refractivity contribution >= 4 is 18.4 Å². The van der Waals surface area contributed by atoms with Crippen molar-refractivity contribution in [3.63, 3.8) is 0 Å². The molecule has 70 valence electrons. The Kier molecular flexibility index (Phi) is 3.51. The molecule has 1 rings (SSSR count). The van der Waals surface area contributed by atoms with Gasteiger partial charge in [0.25, 0.3) is 0 Å². The highest BCUT2D eigenvalue weighted by Gasteiger charge is 2.14. The SMILES string of the molecule is O=[N+]([O-])c1ncccc1OCCS. The summed E-state index contributed by atoms with van der Waals surface area (Å²) in [6, 6.07) is 3.09. The third kappa shape index (κ3) is 2.59. The van der Waals surface area contributed by atoms with Gasteiger partial charge in [0.15, 0.2) is 0 Å². The van der Waals surface area contributed by atoms with E-state index in [9.17, 15) is 10.1 Å². The normalized spacial score (nSPS) is 9.62. The number of hydrogen-bond acceptors (Lipinski definition) is 5. The van der Waals surface area contributed by atoms with Crippen molar-refractivity contribution in [2.24, 2.45) is 0 Å². The van der Waals surface area contributed by atoms with Crippen LogP contribution in [0.5, 0.6) is 5.75 Å². The highest BCUT2D eigenvalue weighted by Crippen LogP contribution is 2.22. The molecule has 0 saturated heterocycles. The molecule has 1 aromatic heterocycles. The van der Waals surface area contributed by atoms with Gasteiger partial charge in [-0.2, -0.15) is 12.6 Å². The lowest BCUT2D eigenvalue weighted by Crippen LogP contribution is -2.02. The Hall–Kier alpha value is -1.30. The summed E-state index contributed by atoms with van der Waals surface area (Å²) in [5.41, 5.74) is 0. The van der Waals surface area contributed by atoms with Crippen molar-refractivity contribution in [2.45, 2.75) is 0 Å². The van der Waals surface area contributed by atoms with Gasteiger partial charge in [0.1, 0.15) is 6.20 Å². The number of ether oxygens (including phenoxy) is 1. The maximum Gasteiger partial charge on any atom is 0.406 e. The number of nitro groups is 1. The van der Waals surface area contributed by atoms with E-state index in [1.165, 1.54) is 12.3 Å². The van der Waals surface area contributed by atoms with E-state index in [4.69, 9.17) is 4.74 Å². The van der Waals surface area contributed by atoms with E-state index in [2.05, 4.69) is 17.6 Å². The molecule has 0 spiro atoms. The molecule has 6 heteroatoms. The molecule has 1 aromatic rings. The Labute approximate surface area is 80.3 Å². The lowest BCUT2D eigenvalue weighted by Gasteiger charge is -2.02. The van der Waals surface area contributed by atoms with Gasteiger partial charge >= 0.3 is 5.82 Å². The number of nitrogens with zero attached hydrogens (tertiary/aromatic N) is 2. The summed E-state index contributed by atoms with van der Waals surface area (Å²) in [5, 5.41) is 10.4. The minimum atomic E-state index is -0.576. The molecule has 1 heterocycles. The maximum absolute atomic E-state index is 10.4. The molecule has 0 amide bonds. The molecule has 13 heavy (non-hydrogen) atoms. The zero-order chi connectivity index (χ0) is 9.68. The third-order valence-electron chi connectivity index (χ3n) is 1.27. The minimum Gasteiger partial charge on any atom is -0.485 e. The Morgan fingerprint density at radius 1 is 1.69 bits per heavy atom. The quantitative estimate of drug-likeness (QED) is 0.452. The van der Waals surface area contributed by atoms with Crippen LogP contribution in [-0.2, 0) is 0 Å². The fourth-order valence-electron chi connectivity index (χ4n) is 0.788. The molecule has 0 atom stereocenters. The van der Waals surface area contributed by atoms with Gasteiger partial charge in [-0.25, -0.2) is 0 Å². The zero-order valence-corrected chi connectivity index (χ0v) is 7.61. The monoisotopic (exact) mass is 200 g/mol. The van der Waals surface area contributed by atoms with Gasteiger partial charge in [0.05, 0.1) is 6.61 Å². The maximum atomic E-state index is 10.4. The van der Waals surface area contributed by atoms with Gasteiger partial charge in [-0.15, -0.1) is 0 Å². The Balaban J connectivity index is 2.84. The number of aromatic nitrogens is 1. The highest BCUT2D eigenvalue weighted by molar-refractivity contribution is 7.80. The van der Waals surface area contributed by atoms with E-state index in [-0.39, 0.29) is 11.6 Å². The van der Waals surface area contributed by atoms with Crippen molar-refractivity contribution in [3.05, 3.63) is 28.4 Å². The molecule has 0 unspecified atom stereocenters. The van der Waals surface area contributed by atoms with Gasteiger partial charge in [-0.3, -0.25) is 0 Å². The van der Waals surface area contributed by atoms with Crippen LogP contribution in [0.25, 0.3) is 0 Å². The van der Waals surface area contributed by atoms with Crippen LogP contribution < -0.4 is 4.74 Å². The second-order valence-electron chi connectivity index (χ2n) is 2.15. The van der Waals surface area contributed by atoms with Crippen LogP contribution >= 0.6 is 12.6 Å². The van der Waals surface area contributed by atoms with Crippen molar-refractivity contribution in [3.8, 4) is 5.75 Å². The summed E-state index contributed by atoms with van der Waals surface area (Å²) in [6.07, 6.45) is 1.35. The van der Waals surface area contributed by atoms with Crippen LogP contribution in [0.15, 0.2) is 18.3 Å². The van der Waals surface area contributed by atoms with Crippen LogP contribution in [0.1, 0.15) is 0 Å². The van der Waals surface area contributed by atoms with E-state index in [0.29, 0.717) is 12.4 Å². The van der Waals surface area contributed by atoms with E-state index in [1.807, 2.05) is 0 Å². The van der Waals surface area contributed by atoms with Crippen LogP contribution in [0.4, 0.5) is 5.82 Å². The molecule has 0 fully saturated rings. The lowest BCUT2D eigenvalue weighted by molar-refractivity contribution is -0.390. The van der Waals surface area contributed by atoms with Crippen molar-refractivity contribution < 1.29 is 9.66 Å². The van der Waals surface area contributed by atoms with Crippen molar-refractivity contribution in [1.29, 1.82) is 0 Å². The zero-order valence-electron chi connectivity index (χ0n) is 6.71. The fourth-order valence-corrected chi connectivity index (χ4v) is 0.879. The first-order valence-electron chi connectivity index (χ1n) is 3.58. The van der Waals surface area contributed by atoms with Crippen LogP contribution in [0, 0.1) is 10.1 Å². The Bertz CT molecular complexity index is 306. The molecule has 0 radical (unpaired) electrons. The summed E-state index contributed by atoms with van der Waals surface area (Å²) in [7, 11) is 0. The number of thiol groups is 1. The third-order valence-corrected chi connectivity index (χ3v) is 1.46. The lowest BCUT2D eigenvalue weighted by atomic mass is 10.4. The van der Waals surface area contributed by atoms with E-state index in [0.717, 1.165) is 0 Å². The first kappa shape index (κ1) is 9.79. The molecular formula is C7H8N2O3S. The van der Waals surface area contributed by atoms with Crippen LogP contribution in [0.3, 0.4) is 0 Å². The Morgan fingerprint density at radius 2 is 2.46 bits per heavy atom. The van der Waals surface area contributed by atoms with E-state index < -0.39 is 4.92 Å². The van der Waals surface area contributed by atoms with Gasteiger partial charge in [-0.05, 0) is 22.0 Å². The summed E-state index contributed by atoms with van der Waals surface area (Å²) in [5.74, 6) is 0.428. The second kappa shape index (κ2) is 4.66. The standard InChI is InChI=1S/C7H8N2O3S/c10-9(11)7-6(12-4-5-13)2-1-3-8-7/h1-3,13H,4-5H2. The molecule has 0 aliphatic heterocycles. The molecule has 0 N–H and O–H groups in total. The predicted molar refractivity (Wildman–Crippen MR) is 50.2 cm³/mol. The number of rotatable bonds is 4. The number of hydrogen-bond donors (Lipinski definition) is 1. The predicted octanol–water partition coefficient (Wildman–Crippen LogP) is 1.30. The van der Waals surface area contributed by atoms with E-state index in [1.54, 1.807) is 6.07 Å². The van der Waals surface area contributed by atoms with Crippen molar-refractivity contribution in [1.82, 2.24) is 4.98 Å². The summed E-state index contributed by atoms with van der Waals surface area (Å²) in [6.45, 7) is 0.329. The molecule has 0 aliphatic rings. The largest absolute Gasteiger partial charge is 0.485 e. The average Bonchev–Trinajstić information content (AvgIpc) is 2.15. The molecule has 5 nitrogen and oxygen atoms in total. The van der Waals surface area contributed by atoms with Crippen LogP contribution in [0.2, 0.25) is 0 Å². The summed E-state index contributed by atoms with van der Waals surface area (Å²) >= 11 is 3.92. The van der Waals surface area contributed by atoms with Crippen LogP contribution in [-0.4, -0.2) is 22.3 Å². The molecule has 0 bridgehead atoms.